The minimum Gasteiger partial charge on any atom is -0.388 e. The third-order valence-corrected chi connectivity index (χ3v) is 5.60. The predicted molar refractivity (Wildman–Crippen MR) is 133 cm³/mol. The number of ether oxygens (including phenoxy) is 3. The van der Waals surface area contributed by atoms with Crippen molar-refractivity contribution in [3.05, 3.63) is 124 Å². The Bertz CT molecular complexity index is 1250. The standard InChI is InChI=1S/C30H21N3O3/c31-19-34-28-7-1-22(2-8-28)13-25-16-26(14-23-3-9-29(10-4-23)35-20-32)18-27(17-25)15-24-5-11-30(12-6-24)36-21-33/h1-12,16-18H,13-15H2. The molecule has 174 valence electrons. The van der Waals surface area contributed by atoms with Crippen LogP contribution in [0, 0.1) is 34.6 Å². The smallest absolute Gasteiger partial charge is 0.292 e. The van der Waals surface area contributed by atoms with Crippen LogP contribution >= 0.6 is 0 Å². The lowest BCUT2D eigenvalue weighted by Crippen LogP contribution is -1.98. The van der Waals surface area contributed by atoms with Gasteiger partial charge in [0, 0.05) is 0 Å². The summed E-state index contributed by atoms with van der Waals surface area (Å²) in [4.78, 5) is 0. The Labute approximate surface area is 209 Å². The van der Waals surface area contributed by atoms with Gasteiger partial charge in [0.15, 0.2) is 0 Å². The summed E-state index contributed by atoms with van der Waals surface area (Å²) in [6, 6.07) is 29.1. The molecule has 6 heteroatoms. The normalized spacial score (nSPS) is 9.92. The lowest BCUT2D eigenvalue weighted by molar-refractivity contribution is 0.506. The maximum Gasteiger partial charge on any atom is 0.292 e. The zero-order valence-electron chi connectivity index (χ0n) is 19.3. The monoisotopic (exact) mass is 471 g/mol. The van der Waals surface area contributed by atoms with Crippen LogP contribution in [0.25, 0.3) is 0 Å². The second-order valence-electron chi connectivity index (χ2n) is 8.20. The lowest BCUT2D eigenvalue weighted by atomic mass is 9.94. The largest absolute Gasteiger partial charge is 0.388 e. The molecule has 0 aliphatic heterocycles. The maximum absolute atomic E-state index is 8.70. The Morgan fingerprint density at radius 3 is 0.861 bits per heavy atom. The molecule has 0 saturated carbocycles. The first-order valence-corrected chi connectivity index (χ1v) is 11.2. The molecule has 0 heterocycles. The van der Waals surface area contributed by atoms with E-state index in [1.165, 1.54) is 16.7 Å². The van der Waals surface area contributed by atoms with Crippen LogP contribution in [0.15, 0.2) is 91.0 Å². The number of benzene rings is 4. The fourth-order valence-corrected chi connectivity index (χ4v) is 4.04. The number of hydrogen-bond donors (Lipinski definition) is 0. The summed E-state index contributed by atoms with van der Waals surface area (Å²) in [7, 11) is 0. The van der Waals surface area contributed by atoms with Crippen LogP contribution in [0.2, 0.25) is 0 Å². The third-order valence-electron chi connectivity index (χ3n) is 5.60. The number of rotatable bonds is 9. The quantitative estimate of drug-likeness (QED) is 0.276. The molecule has 4 aromatic rings. The zero-order valence-corrected chi connectivity index (χ0v) is 19.3. The molecule has 0 aliphatic carbocycles. The van der Waals surface area contributed by atoms with Crippen molar-refractivity contribution in [1.29, 1.82) is 15.8 Å². The van der Waals surface area contributed by atoms with Gasteiger partial charge < -0.3 is 14.2 Å². The van der Waals surface area contributed by atoms with Crippen molar-refractivity contribution < 1.29 is 14.2 Å². The summed E-state index contributed by atoms with van der Waals surface area (Å²) < 4.78 is 14.6. The van der Waals surface area contributed by atoms with Gasteiger partial charge >= 0.3 is 0 Å². The zero-order chi connectivity index (χ0) is 25.2. The van der Waals surface area contributed by atoms with Crippen LogP contribution in [0.3, 0.4) is 0 Å². The molecule has 0 aliphatic rings. The van der Waals surface area contributed by atoms with Gasteiger partial charge in [0.25, 0.3) is 18.8 Å². The summed E-state index contributed by atoms with van der Waals surface area (Å²) in [6.07, 6.45) is 7.26. The molecule has 0 aromatic heterocycles. The van der Waals surface area contributed by atoms with Gasteiger partial charge in [0.2, 0.25) is 0 Å². The van der Waals surface area contributed by atoms with E-state index in [4.69, 9.17) is 30.0 Å². The highest BCUT2D eigenvalue weighted by atomic mass is 16.5. The first-order valence-electron chi connectivity index (χ1n) is 11.2. The van der Waals surface area contributed by atoms with Crippen molar-refractivity contribution in [2.45, 2.75) is 19.3 Å². The molecule has 4 aromatic carbocycles. The van der Waals surface area contributed by atoms with E-state index >= 15 is 0 Å². The van der Waals surface area contributed by atoms with Gasteiger partial charge in [-0.2, -0.15) is 0 Å². The van der Waals surface area contributed by atoms with Gasteiger partial charge in [0.1, 0.15) is 17.2 Å². The van der Waals surface area contributed by atoms with Gasteiger partial charge in [-0.15, -0.1) is 15.8 Å². The summed E-state index contributed by atoms with van der Waals surface area (Å²) in [5.41, 5.74) is 6.85. The number of nitrogens with zero attached hydrogens (tertiary/aromatic N) is 3. The van der Waals surface area contributed by atoms with Crippen LogP contribution in [-0.4, -0.2) is 0 Å². The molecule has 0 amide bonds. The molecule has 6 nitrogen and oxygen atoms in total. The lowest BCUT2D eigenvalue weighted by Gasteiger charge is -2.12. The van der Waals surface area contributed by atoms with E-state index in [9.17, 15) is 0 Å². The van der Waals surface area contributed by atoms with E-state index in [2.05, 4.69) is 18.2 Å². The molecule has 0 atom stereocenters. The summed E-state index contributed by atoms with van der Waals surface area (Å²) in [6.45, 7) is 0. The minimum absolute atomic E-state index is 0.517. The topological polar surface area (TPSA) is 99.1 Å². The van der Waals surface area contributed by atoms with E-state index in [0.717, 1.165) is 36.0 Å². The fourth-order valence-electron chi connectivity index (χ4n) is 4.04. The molecular weight excluding hydrogens is 450 g/mol. The number of nitriles is 3. The Kier molecular flexibility index (Phi) is 7.80. The minimum atomic E-state index is 0.517. The second-order valence-corrected chi connectivity index (χ2v) is 8.20. The van der Waals surface area contributed by atoms with Crippen LogP contribution in [0.1, 0.15) is 33.4 Å². The average Bonchev–Trinajstić information content (AvgIpc) is 2.88. The third kappa shape index (κ3) is 6.64. The highest BCUT2D eigenvalue weighted by Gasteiger charge is 2.07. The van der Waals surface area contributed by atoms with Gasteiger partial charge in [-0.25, -0.2) is 0 Å². The molecule has 0 unspecified atom stereocenters. The second kappa shape index (κ2) is 11.7. The van der Waals surface area contributed by atoms with Crippen LogP contribution < -0.4 is 14.2 Å². The highest BCUT2D eigenvalue weighted by Crippen LogP contribution is 2.23. The van der Waals surface area contributed by atoms with Crippen molar-refractivity contribution in [2.75, 3.05) is 0 Å². The predicted octanol–water partition coefficient (Wildman–Crippen LogP) is 6.04. The molecule has 0 spiro atoms. The van der Waals surface area contributed by atoms with Crippen molar-refractivity contribution in [1.82, 2.24) is 0 Å². The van der Waals surface area contributed by atoms with E-state index in [0.29, 0.717) is 17.2 Å². The summed E-state index contributed by atoms with van der Waals surface area (Å²) >= 11 is 0. The summed E-state index contributed by atoms with van der Waals surface area (Å²) in [5.74, 6) is 1.55. The van der Waals surface area contributed by atoms with Gasteiger partial charge in [-0.1, -0.05) is 54.6 Å². The average molecular weight is 472 g/mol. The van der Waals surface area contributed by atoms with Crippen LogP contribution in [0.4, 0.5) is 0 Å². The molecule has 0 saturated heterocycles. The highest BCUT2D eigenvalue weighted by molar-refractivity contribution is 5.41. The maximum atomic E-state index is 8.70. The van der Waals surface area contributed by atoms with Crippen LogP contribution in [-0.2, 0) is 19.3 Å². The molecule has 0 N–H and O–H groups in total. The van der Waals surface area contributed by atoms with Gasteiger partial charge in [-0.05, 0) is 89.0 Å². The van der Waals surface area contributed by atoms with E-state index in [-0.39, 0.29) is 0 Å². The van der Waals surface area contributed by atoms with Crippen LogP contribution in [0.5, 0.6) is 17.2 Å². The fraction of sp³-hybridized carbons (Fsp3) is 0.100. The molecule has 0 radical (unpaired) electrons. The first-order chi connectivity index (χ1) is 17.6. The van der Waals surface area contributed by atoms with Crippen molar-refractivity contribution in [3.8, 4) is 36.0 Å². The Hall–Kier alpha value is -5.25. The van der Waals surface area contributed by atoms with Gasteiger partial charge in [0.05, 0.1) is 0 Å². The van der Waals surface area contributed by atoms with Crippen molar-refractivity contribution in [2.24, 2.45) is 0 Å². The Morgan fingerprint density at radius 2 is 0.639 bits per heavy atom. The molecule has 0 bridgehead atoms. The molecular formula is C30H21N3O3. The van der Waals surface area contributed by atoms with E-state index in [1.54, 1.807) is 55.2 Å². The van der Waals surface area contributed by atoms with Gasteiger partial charge in [-0.3, -0.25) is 0 Å². The molecule has 36 heavy (non-hydrogen) atoms. The first kappa shape index (κ1) is 23.9. The molecule has 0 fully saturated rings. The van der Waals surface area contributed by atoms with Crippen molar-refractivity contribution in [3.63, 3.8) is 0 Å². The number of hydrogen-bond acceptors (Lipinski definition) is 6. The van der Waals surface area contributed by atoms with Crippen molar-refractivity contribution >= 4 is 0 Å². The van der Waals surface area contributed by atoms with E-state index < -0.39 is 0 Å². The Balaban J connectivity index is 1.59. The molecule has 4 rings (SSSR count). The summed E-state index contributed by atoms with van der Waals surface area (Å²) in [5, 5.41) is 26.1. The SMILES string of the molecule is N#COc1ccc(Cc2cc(Cc3ccc(OC#N)cc3)cc(Cc3ccc(OC#N)cc3)c2)cc1. The Morgan fingerprint density at radius 1 is 0.389 bits per heavy atom. The van der Waals surface area contributed by atoms with E-state index in [1.807, 2.05) is 36.4 Å².